The molecule has 5 nitrogen and oxygen atoms in total. The molecule has 0 aromatic heterocycles. The summed E-state index contributed by atoms with van der Waals surface area (Å²) in [4.78, 5) is 25.3. The van der Waals surface area contributed by atoms with E-state index < -0.39 is 12.0 Å². The van der Waals surface area contributed by atoms with Crippen LogP contribution in [0.15, 0.2) is 115 Å². The van der Waals surface area contributed by atoms with Gasteiger partial charge in [0.05, 0.1) is 12.5 Å². The van der Waals surface area contributed by atoms with Crippen molar-refractivity contribution in [1.82, 2.24) is 5.32 Å². The van der Waals surface area contributed by atoms with E-state index >= 15 is 0 Å². The van der Waals surface area contributed by atoms with Gasteiger partial charge in [-0.15, -0.1) is 0 Å². The Morgan fingerprint density at radius 2 is 1.30 bits per heavy atom. The summed E-state index contributed by atoms with van der Waals surface area (Å²) < 4.78 is 11.7. The van der Waals surface area contributed by atoms with E-state index in [1.54, 1.807) is 24.3 Å². The maximum atomic E-state index is 13.1. The van der Waals surface area contributed by atoms with Gasteiger partial charge in [0.15, 0.2) is 0 Å². The minimum Gasteiger partial charge on any atom is -0.489 e. The van der Waals surface area contributed by atoms with Crippen molar-refractivity contribution in [3.63, 3.8) is 0 Å². The Balaban J connectivity index is 1.39. The lowest BCUT2D eigenvalue weighted by molar-refractivity contribution is -0.109. The number of carbonyl (C=O) groups is 2. The van der Waals surface area contributed by atoms with Gasteiger partial charge in [-0.2, -0.15) is 0 Å². The van der Waals surface area contributed by atoms with Gasteiger partial charge in [0, 0.05) is 18.2 Å². The van der Waals surface area contributed by atoms with Crippen LogP contribution < -0.4 is 10.1 Å². The van der Waals surface area contributed by atoms with Crippen LogP contribution in [-0.2, 0) is 22.7 Å². The lowest BCUT2D eigenvalue weighted by Gasteiger charge is -2.25. The van der Waals surface area contributed by atoms with Crippen LogP contribution in [0.25, 0.3) is 0 Å². The van der Waals surface area contributed by atoms with Crippen LogP contribution in [0.3, 0.4) is 0 Å². The highest BCUT2D eigenvalue weighted by molar-refractivity contribution is 5.94. The van der Waals surface area contributed by atoms with E-state index in [0.29, 0.717) is 37.6 Å². The van der Waals surface area contributed by atoms with E-state index in [2.05, 4.69) is 5.32 Å². The monoisotopic (exact) mass is 493 g/mol. The number of ether oxygens (including phenoxy) is 2. The molecule has 188 valence electrons. The highest BCUT2D eigenvalue weighted by Gasteiger charge is 2.25. The number of aldehydes is 1. The number of amides is 1. The molecule has 1 amide bonds. The zero-order valence-corrected chi connectivity index (χ0v) is 20.7. The molecule has 0 bridgehead atoms. The number of hydrogen-bond acceptors (Lipinski definition) is 4. The fourth-order valence-electron chi connectivity index (χ4n) is 4.09. The topological polar surface area (TPSA) is 64.6 Å². The van der Waals surface area contributed by atoms with Gasteiger partial charge in [-0.25, -0.2) is 0 Å². The van der Waals surface area contributed by atoms with E-state index in [4.69, 9.17) is 9.47 Å². The highest BCUT2D eigenvalue weighted by Crippen LogP contribution is 2.21. The Morgan fingerprint density at radius 3 is 1.89 bits per heavy atom. The third kappa shape index (κ3) is 7.89. The molecule has 0 aliphatic heterocycles. The molecular weight excluding hydrogens is 462 g/mol. The maximum absolute atomic E-state index is 13.1. The van der Waals surface area contributed by atoms with Crippen molar-refractivity contribution in [3.05, 3.63) is 138 Å². The number of benzene rings is 4. The largest absolute Gasteiger partial charge is 0.489 e. The van der Waals surface area contributed by atoms with Crippen molar-refractivity contribution in [2.45, 2.75) is 31.6 Å². The van der Waals surface area contributed by atoms with Gasteiger partial charge in [-0.1, -0.05) is 91.0 Å². The predicted octanol–water partition coefficient (Wildman–Crippen LogP) is 5.95. The Labute approximate surface area is 218 Å². The summed E-state index contributed by atoms with van der Waals surface area (Å²) in [6.07, 6.45) is 1.40. The van der Waals surface area contributed by atoms with Crippen molar-refractivity contribution in [3.8, 4) is 5.75 Å². The van der Waals surface area contributed by atoms with Crippen LogP contribution in [0.5, 0.6) is 5.75 Å². The van der Waals surface area contributed by atoms with E-state index in [0.717, 1.165) is 23.0 Å². The highest BCUT2D eigenvalue weighted by atomic mass is 16.5. The third-order valence-electron chi connectivity index (χ3n) is 6.13. The summed E-state index contributed by atoms with van der Waals surface area (Å²) in [5.74, 6) is -0.0503. The average Bonchev–Trinajstić information content (AvgIpc) is 2.96. The van der Waals surface area contributed by atoms with Crippen molar-refractivity contribution in [2.75, 3.05) is 6.61 Å². The summed E-state index contributed by atoms with van der Waals surface area (Å²) in [5.41, 5.74) is 3.51. The SMILES string of the molecule is O=CC(c1ccccc1)C(CCOCc1ccccc1)NC(=O)c1ccc(OCc2ccccc2)cc1. The third-order valence-corrected chi connectivity index (χ3v) is 6.13. The lowest BCUT2D eigenvalue weighted by Crippen LogP contribution is -2.40. The number of carbonyl (C=O) groups excluding carboxylic acids is 2. The van der Waals surface area contributed by atoms with E-state index in [-0.39, 0.29) is 5.91 Å². The summed E-state index contributed by atoms with van der Waals surface area (Å²) in [5, 5.41) is 3.07. The molecule has 0 fully saturated rings. The summed E-state index contributed by atoms with van der Waals surface area (Å²) >= 11 is 0. The Bertz CT molecular complexity index is 1230. The first-order valence-corrected chi connectivity index (χ1v) is 12.4. The van der Waals surface area contributed by atoms with Gasteiger partial charge in [0.25, 0.3) is 5.91 Å². The van der Waals surface area contributed by atoms with Crippen molar-refractivity contribution >= 4 is 12.2 Å². The first-order valence-electron chi connectivity index (χ1n) is 12.4. The molecule has 0 radical (unpaired) electrons. The molecule has 4 rings (SSSR count). The molecule has 2 unspecified atom stereocenters. The van der Waals surface area contributed by atoms with Gasteiger partial charge < -0.3 is 19.6 Å². The van der Waals surface area contributed by atoms with E-state index in [9.17, 15) is 9.59 Å². The molecule has 1 N–H and O–H groups in total. The zero-order chi connectivity index (χ0) is 25.7. The quantitative estimate of drug-likeness (QED) is 0.185. The molecule has 0 saturated heterocycles. The molecule has 0 heterocycles. The second kappa shape index (κ2) is 13.8. The van der Waals surface area contributed by atoms with Crippen LogP contribution in [-0.4, -0.2) is 24.8 Å². The second-order valence-electron chi connectivity index (χ2n) is 8.78. The number of nitrogens with one attached hydrogen (secondary N) is 1. The molecule has 4 aromatic rings. The number of hydrogen-bond donors (Lipinski definition) is 1. The molecule has 2 atom stereocenters. The van der Waals surface area contributed by atoms with Crippen molar-refractivity contribution < 1.29 is 19.1 Å². The Hall–Kier alpha value is -4.22. The van der Waals surface area contributed by atoms with Gasteiger partial charge in [0.2, 0.25) is 0 Å². The molecule has 0 aliphatic carbocycles. The normalized spacial score (nSPS) is 12.3. The minimum atomic E-state index is -0.487. The lowest BCUT2D eigenvalue weighted by atomic mass is 9.90. The van der Waals surface area contributed by atoms with E-state index in [1.165, 1.54) is 0 Å². The number of rotatable bonds is 13. The Kier molecular flexibility index (Phi) is 9.62. The van der Waals surface area contributed by atoms with Gasteiger partial charge >= 0.3 is 0 Å². The average molecular weight is 494 g/mol. The summed E-state index contributed by atoms with van der Waals surface area (Å²) in [7, 11) is 0. The zero-order valence-electron chi connectivity index (χ0n) is 20.7. The molecule has 0 saturated carbocycles. The summed E-state index contributed by atoms with van der Waals surface area (Å²) in [6.45, 7) is 1.34. The first kappa shape index (κ1) is 25.9. The van der Waals surface area contributed by atoms with Crippen LogP contribution in [0.2, 0.25) is 0 Å². The molecule has 5 heteroatoms. The molecule has 4 aromatic carbocycles. The smallest absolute Gasteiger partial charge is 0.251 e. The second-order valence-corrected chi connectivity index (χ2v) is 8.78. The van der Waals surface area contributed by atoms with Gasteiger partial charge in [0.1, 0.15) is 18.6 Å². The predicted molar refractivity (Wildman–Crippen MR) is 144 cm³/mol. The van der Waals surface area contributed by atoms with Crippen LogP contribution >= 0.6 is 0 Å². The fourth-order valence-corrected chi connectivity index (χ4v) is 4.09. The van der Waals surface area contributed by atoms with Gasteiger partial charge in [-0.05, 0) is 47.4 Å². The molecule has 37 heavy (non-hydrogen) atoms. The first-order chi connectivity index (χ1) is 18.2. The maximum Gasteiger partial charge on any atom is 0.251 e. The van der Waals surface area contributed by atoms with Crippen molar-refractivity contribution in [1.29, 1.82) is 0 Å². The molecule has 0 spiro atoms. The fraction of sp³-hybridized carbons (Fsp3) is 0.188. The molecule has 0 aliphatic rings. The Morgan fingerprint density at radius 1 is 0.730 bits per heavy atom. The minimum absolute atomic E-state index is 0.245. The summed E-state index contributed by atoms with van der Waals surface area (Å²) in [6, 6.07) is 35.9. The van der Waals surface area contributed by atoms with E-state index in [1.807, 2.05) is 91.0 Å². The van der Waals surface area contributed by atoms with Gasteiger partial charge in [-0.3, -0.25) is 4.79 Å². The van der Waals surface area contributed by atoms with Crippen molar-refractivity contribution in [2.24, 2.45) is 0 Å². The van der Waals surface area contributed by atoms with Crippen LogP contribution in [0.4, 0.5) is 0 Å². The van der Waals surface area contributed by atoms with Crippen LogP contribution in [0, 0.1) is 0 Å². The van der Waals surface area contributed by atoms with Crippen LogP contribution in [0.1, 0.15) is 39.4 Å². The standard InChI is InChI=1S/C32H31NO4/c34-22-30(27-14-8-3-9-15-27)31(20-21-36-23-25-10-4-1-5-11-25)33-32(35)28-16-18-29(19-17-28)37-24-26-12-6-2-7-13-26/h1-19,22,30-31H,20-21,23-24H2,(H,33,35). The molecular formula is C32H31NO4.